The highest BCUT2D eigenvalue weighted by Gasteiger charge is 2.24. The van der Waals surface area contributed by atoms with Gasteiger partial charge in [-0.05, 0) is 43.2 Å². The second kappa shape index (κ2) is 5.60. The predicted molar refractivity (Wildman–Crippen MR) is 83.1 cm³/mol. The van der Waals surface area contributed by atoms with Crippen LogP contribution in [0.1, 0.15) is 25.7 Å². The molecule has 0 bridgehead atoms. The molecule has 3 rings (SSSR count). The maximum atomic E-state index is 12.0. The zero-order valence-corrected chi connectivity index (χ0v) is 11.8. The van der Waals surface area contributed by atoms with Gasteiger partial charge < -0.3 is 16.0 Å². The van der Waals surface area contributed by atoms with Crippen LogP contribution in [0.2, 0.25) is 0 Å². The molecule has 0 saturated heterocycles. The number of nitrogens with one attached hydrogen (secondary N) is 2. The van der Waals surface area contributed by atoms with E-state index in [1.807, 2.05) is 30.3 Å². The molecule has 1 aromatic carbocycles. The fraction of sp³-hybridized carbons (Fsp3) is 0.375. The van der Waals surface area contributed by atoms with Crippen molar-refractivity contribution in [2.24, 2.45) is 11.7 Å². The lowest BCUT2D eigenvalue weighted by Gasteiger charge is -2.27. The van der Waals surface area contributed by atoms with E-state index in [0.29, 0.717) is 5.39 Å². The van der Waals surface area contributed by atoms with E-state index in [1.165, 1.54) is 0 Å². The van der Waals surface area contributed by atoms with Crippen molar-refractivity contribution in [2.45, 2.75) is 31.7 Å². The summed E-state index contributed by atoms with van der Waals surface area (Å²) in [5.74, 6) is 0.535. The highest BCUT2D eigenvalue weighted by molar-refractivity contribution is 5.83. The number of rotatable bonds is 3. The number of hydrogen-bond donors (Lipinski definition) is 3. The SMILES string of the molecule is NC(=O)C1CCC(Nc2cc3ccccc3c(=O)[nH]2)CC1. The van der Waals surface area contributed by atoms with Gasteiger partial charge in [0.05, 0.1) is 0 Å². The molecule has 0 aliphatic heterocycles. The number of carbonyl (C=O) groups is 1. The summed E-state index contributed by atoms with van der Waals surface area (Å²) < 4.78 is 0. The highest BCUT2D eigenvalue weighted by Crippen LogP contribution is 2.26. The van der Waals surface area contributed by atoms with Gasteiger partial charge in [-0.25, -0.2) is 0 Å². The van der Waals surface area contributed by atoms with E-state index in [4.69, 9.17) is 5.73 Å². The van der Waals surface area contributed by atoms with Crippen molar-refractivity contribution in [1.82, 2.24) is 4.98 Å². The molecule has 5 nitrogen and oxygen atoms in total. The van der Waals surface area contributed by atoms with Crippen LogP contribution >= 0.6 is 0 Å². The highest BCUT2D eigenvalue weighted by atomic mass is 16.1. The first-order valence-corrected chi connectivity index (χ1v) is 7.31. The summed E-state index contributed by atoms with van der Waals surface area (Å²) in [7, 11) is 0. The smallest absolute Gasteiger partial charge is 0.257 e. The normalized spacial score (nSPS) is 22.1. The minimum Gasteiger partial charge on any atom is -0.369 e. The van der Waals surface area contributed by atoms with Gasteiger partial charge in [0.15, 0.2) is 0 Å². The van der Waals surface area contributed by atoms with Crippen LogP contribution in [-0.2, 0) is 4.79 Å². The summed E-state index contributed by atoms with van der Waals surface area (Å²) in [5.41, 5.74) is 5.26. The average molecular weight is 285 g/mol. The number of carbonyl (C=O) groups excluding carboxylic acids is 1. The fourth-order valence-corrected chi connectivity index (χ4v) is 3.03. The molecule has 1 saturated carbocycles. The Balaban J connectivity index is 1.74. The number of benzene rings is 1. The van der Waals surface area contributed by atoms with Crippen LogP contribution in [0.5, 0.6) is 0 Å². The topological polar surface area (TPSA) is 88.0 Å². The molecule has 2 aromatic rings. The van der Waals surface area contributed by atoms with E-state index in [-0.39, 0.29) is 23.4 Å². The number of hydrogen-bond acceptors (Lipinski definition) is 3. The van der Waals surface area contributed by atoms with Crippen LogP contribution in [0.4, 0.5) is 5.82 Å². The van der Waals surface area contributed by atoms with Crippen molar-refractivity contribution in [2.75, 3.05) is 5.32 Å². The number of aromatic nitrogens is 1. The largest absolute Gasteiger partial charge is 0.369 e. The second-order valence-electron chi connectivity index (χ2n) is 5.69. The molecule has 0 unspecified atom stereocenters. The zero-order valence-electron chi connectivity index (χ0n) is 11.8. The Kier molecular flexibility index (Phi) is 3.64. The Morgan fingerprint density at radius 2 is 1.90 bits per heavy atom. The van der Waals surface area contributed by atoms with Crippen molar-refractivity contribution in [3.63, 3.8) is 0 Å². The Labute approximate surface area is 122 Å². The average Bonchev–Trinajstić information content (AvgIpc) is 2.48. The number of primary amides is 1. The first kappa shape index (κ1) is 13.7. The van der Waals surface area contributed by atoms with Gasteiger partial charge in [-0.3, -0.25) is 9.59 Å². The van der Waals surface area contributed by atoms with Crippen molar-refractivity contribution >= 4 is 22.5 Å². The third-order valence-electron chi connectivity index (χ3n) is 4.24. The van der Waals surface area contributed by atoms with Crippen LogP contribution in [0.25, 0.3) is 10.8 Å². The van der Waals surface area contributed by atoms with Gasteiger partial charge in [0, 0.05) is 17.3 Å². The first-order chi connectivity index (χ1) is 10.1. The van der Waals surface area contributed by atoms with Crippen LogP contribution in [0.3, 0.4) is 0 Å². The summed E-state index contributed by atoms with van der Waals surface area (Å²) in [6, 6.07) is 9.75. The molecular weight excluding hydrogens is 266 g/mol. The van der Waals surface area contributed by atoms with Gasteiger partial charge >= 0.3 is 0 Å². The van der Waals surface area contributed by atoms with Gasteiger partial charge in [0.2, 0.25) is 5.91 Å². The Hall–Kier alpha value is -2.30. The predicted octanol–water partition coefficient (Wildman–Crippen LogP) is 1.98. The van der Waals surface area contributed by atoms with E-state index >= 15 is 0 Å². The van der Waals surface area contributed by atoms with E-state index in [0.717, 1.165) is 36.9 Å². The Bertz CT molecular complexity index is 715. The second-order valence-corrected chi connectivity index (χ2v) is 5.69. The number of anilines is 1. The van der Waals surface area contributed by atoms with Gasteiger partial charge in [-0.2, -0.15) is 0 Å². The summed E-state index contributed by atoms with van der Waals surface area (Å²) >= 11 is 0. The molecule has 0 radical (unpaired) electrons. The number of nitrogens with two attached hydrogens (primary N) is 1. The maximum absolute atomic E-state index is 12.0. The molecule has 1 aromatic heterocycles. The lowest BCUT2D eigenvalue weighted by atomic mass is 9.85. The van der Waals surface area contributed by atoms with Crippen molar-refractivity contribution in [1.29, 1.82) is 0 Å². The molecule has 0 spiro atoms. The maximum Gasteiger partial charge on any atom is 0.257 e. The van der Waals surface area contributed by atoms with Crippen LogP contribution < -0.4 is 16.6 Å². The molecule has 1 fully saturated rings. The molecule has 1 amide bonds. The molecule has 110 valence electrons. The van der Waals surface area contributed by atoms with Gasteiger partial charge in [0.1, 0.15) is 5.82 Å². The quantitative estimate of drug-likeness (QED) is 0.805. The lowest BCUT2D eigenvalue weighted by Crippen LogP contribution is -2.33. The van der Waals surface area contributed by atoms with E-state index in [2.05, 4.69) is 10.3 Å². The number of aromatic amines is 1. The summed E-state index contributed by atoms with van der Waals surface area (Å²) in [5, 5.41) is 4.99. The number of pyridine rings is 1. The summed E-state index contributed by atoms with van der Waals surface area (Å²) in [4.78, 5) is 26.1. The van der Waals surface area contributed by atoms with E-state index < -0.39 is 0 Å². The van der Waals surface area contributed by atoms with E-state index in [9.17, 15) is 9.59 Å². The molecule has 4 N–H and O–H groups in total. The lowest BCUT2D eigenvalue weighted by molar-refractivity contribution is -0.122. The fourth-order valence-electron chi connectivity index (χ4n) is 3.03. The molecular formula is C16H19N3O2. The number of fused-ring (bicyclic) bond motifs is 1. The minimum absolute atomic E-state index is 0.00120. The van der Waals surface area contributed by atoms with Crippen LogP contribution in [-0.4, -0.2) is 16.9 Å². The minimum atomic E-state index is -0.201. The molecule has 1 heterocycles. The van der Waals surface area contributed by atoms with Crippen molar-refractivity contribution < 1.29 is 4.79 Å². The Morgan fingerprint density at radius 3 is 2.62 bits per heavy atom. The van der Waals surface area contributed by atoms with Gasteiger partial charge in [-0.15, -0.1) is 0 Å². The number of amides is 1. The van der Waals surface area contributed by atoms with Crippen molar-refractivity contribution in [3.05, 3.63) is 40.7 Å². The zero-order chi connectivity index (χ0) is 14.8. The monoisotopic (exact) mass is 285 g/mol. The van der Waals surface area contributed by atoms with E-state index in [1.54, 1.807) is 0 Å². The van der Waals surface area contributed by atoms with Gasteiger partial charge in [0.25, 0.3) is 5.56 Å². The Morgan fingerprint density at radius 1 is 1.19 bits per heavy atom. The molecule has 0 atom stereocenters. The number of H-pyrrole nitrogens is 1. The molecule has 1 aliphatic carbocycles. The third kappa shape index (κ3) is 2.91. The van der Waals surface area contributed by atoms with Crippen LogP contribution in [0.15, 0.2) is 35.1 Å². The molecule has 1 aliphatic rings. The summed E-state index contributed by atoms with van der Waals surface area (Å²) in [6.45, 7) is 0. The first-order valence-electron chi connectivity index (χ1n) is 7.31. The third-order valence-corrected chi connectivity index (χ3v) is 4.24. The standard InChI is InChI=1S/C16H19N3O2/c17-15(20)10-5-7-12(8-6-10)18-14-9-11-3-1-2-4-13(11)16(21)19-14/h1-4,9-10,12H,5-8H2,(H2,17,20)(H2,18,19,21). The van der Waals surface area contributed by atoms with Crippen molar-refractivity contribution in [3.8, 4) is 0 Å². The molecule has 5 heteroatoms. The summed E-state index contributed by atoms with van der Waals surface area (Å²) in [6.07, 6.45) is 3.40. The molecule has 21 heavy (non-hydrogen) atoms. The van der Waals surface area contributed by atoms with Gasteiger partial charge in [-0.1, -0.05) is 18.2 Å². The van der Waals surface area contributed by atoms with Crippen LogP contribution in [0, 0.1) is 5.92 Å².